The average Bonchev–Trinajstić information content (AvgIpc) is 3.22. The Morgan fingerprint density at radius 1 is 0.900 bits per heavy atom. The maximum atomic E-state index is 12.7. The normalized spacial score (nSPS) is 10.6. The molecule has 0 bridgehead atoms. The van der Waals surface area contributed by atoms with E-state index in [0.29, 0.717) is 45.5 Å². The van der Waals surface area contributed by atoms with E-state index in [4.69, 9.17) is 18.6 Å². The molecule has 0 aliphatic heterocycles. The largest absolute Gasteiger partial charge is 0.497 e. The molecule has 0 unspecified atom stereocenters. The van der Waals surface area contributed by atoms with Crippen molar-refractivity contribution in [3.8, 4) is 28.7 Å². The number of fused-ring (bicyclic) bond motifs is 1. The molecule has 0 fully saturated rings. The minimum Gasteiger partial charge on any atom is -0.497 e. The summed E-state index contributed by atoms with van der Waals surface area (Å²) in [4.78, 5) is 17.2. The van der Waals surface area contributed by atoms with Gasteiger partial charge in [0.15, 0.2) is 17.1 Å². The summed E-state index contributed by atoms with van der Waals surface area (Å²) in [5.41, 5.74) is 3.17. The Balaban J connectivity index is 1.58. The molecule has 0 atom stereocenters. The van der Waals surface area contributed by atoms with Crippen molar-refractivity contribution in [2.75, 3.05) is 26.6 Å². The zero-order valence-corrected chi connectivity index (χ0v) is 16.8. The topological polar surface area (TPSA) is 82.8 Å². The highest BCUT2D eigenvalue weighted by Gasteiger charge is 2.13. The number of nitrogens with zero attached hydrogens (tertiary/aromatic N) is 1. The van der Waals surface area contributed by atoms with Gasteiger partial charge in [0.2, 0.25) is 5.89 Å². The number of benzene rings is 3. The molecular formula is C23H20N2O5. The Kier molecular flexibility index (Phi) is 5.26. The van der Waals surface area contributed by atoms with E-state index in [2.05, 4.69) is 10.3 Å². The van der Waals surface area contributed by atoms with Crippen LogP contribution in [0.3, 0.4) is 0 Å². The van der Waals surface area contributed by atoms with Crippen molar-refractivity contribution in [2.24, 2.45) is 0 Å². The lowest BCUT2D eigenvalue weighted by Gasteiger charge is -2.10. The lowest BCUT2D eigenvalue weighted by Crippen LogP contribution is -2.12. The van der Waals surface area contributed by atoms with Gasteiger partial charge >= 0.3 is 0 Å². The quantitative estimate of drug-likeness (QED) is 0.498. The highest BCUT2D eigenvalue weighted by molar-refractivity contribution is 6.05. The molecule has 0 aliphatic carbocycles. The van der Waals surface area contributed by atoms with Crippen molar-refractivity contribution in [2.45, 2.75) is 0 Å². The molecule has 7 heteroatoms. The van der Waals surface area contributed by atoms with Crippen LogP contribution in [0.5, 0.6) is 17.2 Å². The smallest absolute Gasteiger partial charge is 0.255 e. The first-order chi connectivity index (χ1) is 14.6. The molecular weight excluding hydrogens is 384 g/mol. The Morgan fingerprint density at radius 3 is 2.50 bits per heavy atom. The first kappa shape index (κ1) is 19.3. The van der Waals surface area contributed by atoms with Crippen LogP contribution in [0.4, 0.5) is 5.69 Å². The van der Waals surface area contributed by atoms with Gasteiger partial charge in [-0.15, -0.1) is 0 Å². The van der Waals surface area contributed by atoms with Crippen LogP contribution in [0.25, 0.3) is 22.6 Å². The molecule has 1 N–H and O–H groups in total. The fourth-order valence-corrected chi connectivity index (χ4v) is 3.07. The van der Waals surface area contributed by atoms with Gasteiger partial charge in [-0.1, -0.05) is 6.07 Å². The van der Waals surface area contributed by atoms with Crippen molar-refractivity contribution >= 4 is 22.7 Å². The number of hydrogen-bond acceptors (Lipinski definition) is 6. The van der Waals surface area contributed by atoms with Crippen LogP contribution >= 0.6 is 0 Å². The molecule has 30 heavy (non-hydrogen) atoms. The molecule has 4 aromatic rings. The monoisotopic (exact) mass is 404 g/mol. The van der Waals surface area contributed by atoms with Gasteiger partial charge in [-0.05, 0) is 48.5 Å². The molecule has 152 valence electrons. The van der Waals surface area contributed by atoms with Gasteiger partial charge in [0.1, 0.15) is 11.3 Å². The zero-order chi connectivity index (χ0) is 21.1. The summed E-state index contributed by atoms with van der Waals surface area (Å²) in [6.07, 6.45) is 0. The summed E-state index contributed by atoms with van der Waals surface area (Å²) in [7, 11) is 4.68. The predicted octanol–water partition coefficient (Wildman–Crippen LogP) is 4.77. The number of nitrogens with one attached hydrogen (secondary N) is 1. The third kappa shape index (κ3) is 3.77. The molecule has 4 rings (SSSR count). The molecule has 0 aliphatic rings. The van der Waals surface area contributed by atoms with E-state index in [-0.39, 0.29) is 5.91 Å². The van der Waals surface area contributed by atoms with Gasteiger partial charge in [-0.3, -0.25) is 4.79 Å². The van der Waals surface area contributed by atoms with E-state index in [1.165, 1.54) is 7.11 Å². The number of carbonyl (C=O) groups excluding carboxylic acids is 1. The third-order valence-electron chi connectivity index (χ3n) is 4.61. The second kappa shape index (κ2) is 8.16. The number of amides is 1. The summed E-state index contributed by atoms with van der Waals surface area (Å²) in [6, 6.07) is 17.7. The Labute approximate surface area is 173 Å². The summed E-state index contributed by atoms with van der Waals surface area (Å²) in [5, 5.41) is 2.88. The van der Waals surface area contributed by atoms with Crippen molar-refractivity contribution in [3.05, 3.63) is 66.2 Å². The first-order valence-corrected chi connectivity index (χ1v) is 9.19. The fourth-order valence-electron chi connectivity index (χ4n) is 3.07. The Hall–Kier alpha value is -4.00. The average molecular weight is 404 g/mol. The van der Waals surface area contributed by atoms with Crippen molar-refractivity contribution < 1.29 is 23.4 Å². The van der Waals surface area contributed by atoms with Crippen LogP contribution in [-0.2, 0) is 0 Å². The van der Waals surface area contributed by atoms with E-state index < -0.39 is 0 Å². The van der Waals surface area contributed by atoms with Crippen LogP contribution in [0.1, 0.15) is 10.4 Å². The molecule has 0 spiro atoms. The molecule has 0 saturated heterocycles. The lowest BCUT2D eigenvalue weighted by atomic mass is 10.1. The van der Waals surface area contributed by atoms with E-state index >= 15 is 0 Å². The molecule has 1 amide bonds. The second-order valence-electron chi connectivity index (χ2n) is 6.46. The number of carbonyl (C=O) groups is 1. The molecule has 0 radical (unpaired) electrons. The maximum Gasteiger partial charge on any atom is 0.255 e. The summed E-state index contributed by atoms with van der Waals surface area (Å²) in [5.74, 6) is 1.94. The van der Waals surface area contributed by atoms with Gasteiger partial charge in [-0.2, -0.15) is 0 Å². The Morgan fingerprint density at radius 2 is 1.73 bits per heavy atom. The van der Waals surface area contributed by atoms with E-state index in [0.717, 1.165) is 5.56 Å². The van der Waals surface area contributed by atoms with Crippen LogP contribution in [-0.4, -0.2) is 32.2 Å². The molecule has 0 saturated carbocycles. The number of aromatic nitrogens is 1. The van der Waals surface area contributed by atoms with Crippen LogP contribution < -0.4 is 19.5 Å². The molecule has 1 aromatic heterocycles. The van der Waals surface area contributed by atoms with Crippen LogP contribution in [0.15, 0.2) is 65.1 Å². The SMILES string of the molecule is COc1ccc2oc(-c3cccc(NC(=O)c4ccc(OC)c(OC)c4)c3)nc2c1. The number of hydrogen-bond donors (Lipinski definition) is 1. The number of methoxy groups -OCH3 is 3. The summed E-state index contributed by atoms with van der Waals surface area (Å²) in [6.45, 7) is 0. The highest BCUT2D eigenvalue weighted by atomic mass is 16.5. The Bertz CT molecular complexity index is 1220. The van der Waals surface area contributed by atoms with Gasteiger partial charge in [0.25, 0.3) is 5.91 Å². The van der Waals surface area contributed by atoms with Gasteiger partial charge in [0, 0.05) is 22.9 Å². The molecule has 7 nitrogen and oxygen atoms in total. The second-order valence-corrected chi connectivity index (χ2v) is 6.46. The number of anilines is 1. The minimum absolute atomic E-state index is 0.268. The standard InChI is InChI=1S/C23H20N2O5/c1-27-17-8-10-19-18(13-17)25-23(30-19)15-5-4-6-16(11-15)24-22(26)14-7-9-20(28-2)21(12-14)29-3/h4-13H,1-3H3,(H,24,26). The van der Waals surface area contributed by atoms with Crippen LogP contribution in [0, 0.1) is 0 Å². The van der Waals surface area contributed by atoms with Crippen molar-refractivity contribution in [1.29, 1.82) is 0 Å². The maximum absolute atomic E-state index is 12.7. The minimum atomic E-state index is -0.268. The van der Waals surface area contributed by atoms with Gasteiger partial charge in [-0.25, -0.2) is 4.98 Å². The molecule has 1 heterocycles. The first-order valence-electron chi connectivity index (χ1n) is 9.19. The fraction of sp³-hybridized carbons (Fsp3) is 0.130. The van der Waals surface area contributed by atoms with Crippen molar-refractivity contribution in [1.82, 2.24) is 4.98 Å². The van der Waals surface area contributed by atoms with E-state index in [9.17, 15) is 4.79 Å². The molecule has 3 aromatic carbocycles. The summed E-state index contributed by atoms with van der Waals surface area (Å²) < 4.78 is 21.5. The van der Waals surface area contributed by atoms with Crippen molar-refractivity contribution in [3.63, 3.8) is 0 Å². The lowest BCUT2D eigenvalue weighted by molar-refractivity contribution is 0.102. The van der Waals surface area contributed by atoms with Gasteiger partial charge in [0.05, 0.1) is 21.3 Å². The third-order valence-corrected chi connectivity index (χ3v) is 4.61. The van der Waals surface area contributed by atoms with Gasteiger partial charge < -0.3 is 23.9 Å². The zero-order valence-electron chi connectivity index (χ0n) is 16.8. The number of oxazole rings is 1. The summed E-state index contributed by atoms with van der Waals surface area (Å²) >= 11 is 0. The van der Waals surface area contributed by atoms with E-state index in [1.54, 1.807) is 44.6 Å². The van der Waals surface area contributed by atoms with Crippen LogP contribution in [0.2, 0.25) is 0 Å². The predicted molar refractivity (Wildman–Crippen MR) is 113 cm³/mol. The van der Waals surface area contributed by atoms with E-state index in [1.807, 2.05) is 30.3 Å². The highest BCUT2D eigenvalue weighted by Crippen LogP contribution is 2.30. The number of rotatable bonds is 6. The number of ether oxygens (including phenoxy) is 3.